The molecule has 2 N–H and O–H groups in total. The normalized spacial score (nSPS) is 10.8. The average Bonchev–Trinajstić information content (AvgIpc) is 2.79. The summed E-state index contributed by atoms with van der Waals surface area (Å²) >= 11 is 0. The van der Waals surface area contributed by atoms with E-state index in [1.54, 1.807) is 0 Å². The lowest BCUT2D eigenvalue weighted by Crippen LogP contribution is -2.26. The Kier molecular flexibility index (Phi) is 3.55. The highest BCUT2D eigenvalue weighted by Crippen LogP contribution is 2.19. The number of rotatable bonds is 3. The zero-order chi connectivity index (χ0) is 15.7. The number of amides is 1. The van der Waals surface area contributed by atoms with Crippen molar-refractivity contribution in [2.75, 3.05) is 5.32 Å². The van der Waals surface area contributed by atoms with Crippen LogP contribution in [0.1, 0.15) is 11.1 Å². The molecule has 0 aliphatic heterocycles. The van der Waals surface area contributed by atoms with E-state index in [0.29, 0.717) is 0 Å². The Balaban J connectivity index is 1.88. The lowest BCUT2D eigenvalue weighted by molar-refractivity contribution is -0.116. The number of carbonyl (C=O) groups excluding carboxylic acids is 1. The molecule has 0 saturated carbocycles. The van der Waals surface area contributed by atoms with E-state index in [9.17, 15) is 9.59 Å². The SMILES string of the molecule is Cc1cccc(C)c1NC(=O)Cn1c(=O)[nH]c2ccccc21. The van der Waals surface area contributed by atoms with Gasteiger partial charge in [-0.1, -0.05) is 30.3 Å². The number of aromatic amines is 1. The number of H-pyrrole nitrogens is 1. The molecule has 0 aliphatic rings. The zero-order valence-corrected chi connectivity index (χ0v) is 12.5. The van der Waals surface area contributed by atoms with E-state index in [0.717, 1.165) is 27.8 Å². The van der Waals surface area contributed by atoms with Crippen molar-refractivity contribution in [2.45, 2.75) is 20.4 Å². The van der Waals surface area contributed by atoms with E-state index in [4.69, 9.17) is 0 Å². The van der Waals surface area contributed by atoms with Gasteiger partial charge in [-0.3, -0.25) is 9.36 Å². The maximum absolute atomic E-state index is 12.3. The van der Waals surface area contributed by atoms with Crippen molar-refractivity contribution in [2.24, 2.45) is 0 Å². The molecule has 112 valence electrons. The van der Waals surface area contributed by atoms with Gasteiger partial charge in [-0.25, -0.2) is 4.79 Å². The summed E-state index contributed by atoms with van der Waals surface area (Å²) in [5, 5.41) is 2.90. The van der Waals surface area contributed by atoms with Crippen LogP contribution in [0.5, 0.6) is 0 Å². The summed E-state index contributed by atoms with van der Waals surface area (Å²) in [4.78, 5) is 27.0. The number of benzene rings is 2. The highest BCUT2D eigenvalue weighted by atomic mass is 16.2. The second kappa shape index (κ2) is 5.52. The van der Waals surface area contributed by atoms with Crippen molar-refractivity contribution in [3.05, 3.63) is 64.1 Å². The van der Waals surface area contributed by atoms with Crippen LogP contribution in [0, 0.1) is 13.8 Å². The van der Waals surface area contributed by atoms with Crippen LogP contribution < -0.4 is 11.0 Å². The van der Waals surface area contributed by atoms with Gasteiger partial charge in [0, 0.05) is 5.69 Å². The maximum atomic E-state index is 12.3. The number of anilines is 1. The molecule has 3 rings (SSSR count). The topological polar surface area (TPSA) is 66.9 Å². The quantitative estimate of drug-likeness (QED) is 0.780. The fourth-order valence-corrected chi connectivity index (χ4v) is 2.60. The smallest absolute Gasteiger partial charge is 0.324 e. The van der Waals surface area contributed by atoms with Crippen molar-refractivity contribution in [1.82, 2.24) is 9.55 Å². The summed E-state index contributed by atoms with van der Waals surface area (Å²) in [6.45, 7) is 3.87. The van der Waals surface area contributed by atoms with E-state index in [1.165, 1.54) is 4.57 Å². The molecule has 0 spiro atoms. The van der Waals surface area contributed by atoms with Crippen LogP contribution in [0.3, 0.4) is 0 Å². The Hall–Kier alpha value is -2.82. The number of fused-ring (bicyclic) bond motifs is 1. The van der Waals surface area contributed by atoms with Gasteiger partial charge in [0.05, 0.1) is 11.0 Å². The van der Waals surface area contributed by atoms with Crippen LogP contribution >= 0.6 is 0 Å². The first-order chi connectivity index (χ1) is 10.6. The first-order valence-corrected chi connectivity index (χ1v) is 7.10. The molecule has 22 heavy (non-hydrogen) atoms. The number of aryl methyl sites for hydroxylation is 2. The van der Waals surface area contributed by atoms with Crippen molar-refractivity contribution in [3.63, 3.8) is 0 Å². The molecule has 1 aromatic heterocycles. The van der Waals surface area contributed by atoms with Gasteiger partial charge >= 0.3 is 5.69 Å². The van der Waals surface area contributed by atoms with Gasteiger partial charge < -0.3 is 10.3 Å². The first-order valence-electron chi connectivity index (χ1n) is 7.10. The summed E-state index contributed by atoms with van der Waals surface area (Å²) < 4.78 is 1.44. The zero-order valence-electron chi connectivity index (χ0n) is 12.5. The predicted molar refractivity (Wildman–Crippen MR) is 87.1 cm³/mol. The van der Waals surface area contributed by atoms with Crippen LogP contribution in [0.25, 0.3) is 11.0 Å². The van der Waals surface area contributed by atoms with E-state index in [1.807, 2.05) is 56.3 Å². The fourth-order valence-electron chi connectivity index (χ4n) is 2.60. The van der Waals surface area contributed by atoms with Gasteiger partial charge in [-0.2, -0.15) is 0 Å². The average molecular weight is 295 g/mol. The number of para-hydroxylation sites is 3. The molecule has 1 heterocycles. The molecular weight excluding hydrogens is 278 g/mol. The maximum Gasteiger partial charge on any atom is 0.326 e. The Morgan fingerprint density at radius 2 is 1.77 bits per heavy atom. The van der Waals surface area contributed by atoms with Gasteiger partial charge in [0.25, 0.3) is 0 Å². The van der Waals surface area contributed by atoms with Crippen molar-refractivity contribution >= 4 is 22.6 Å². The summed E-state index contributed by atoms with van der Waals surface area (Å²) in [5.41, 5.74) is 3.98. The molecule has 1 amide bonds. The second-order valence-electron chi connectivity index (χ2n) is 5.35. The Morgan fingerprint density at radius 1 is 1.09 bits per heavy atom. The lowest BCUT2D eigenvalue weighted by atomic mass is 10.1. The molecule has 0 bridgehead atoms. The highest BCUT2D eigenvalue weighted by molar-refractivity contribution is 5.93. The van der Waals surface area contributed by atoms with Crippen LogP contribution in [-0.4, -0.2) is 15.5 Å². The molecule has 0 fully saturated rings. The number of hydrogen-bond donors (Lipinski definition) is 2. The largest absolute Gasteiger partial charge is 0.326 e. The Bertz CT molecular complexity index is 885. The van der Waals surface area contributed by atoms with Crippen LogP contribution in [-0.2, 0) is 11.3 Å². The molecule has 0 aliphatic carbocycles. The Labute approximate surface area is 127 Å². The molecule has 0 unspecified atom stereocenters. The van der Waals surface area contributed by atoms with E-state index < -0.39 is 0 Å². The minimum Gasteiger partial charge on any atom is -0.324 e. The number of nitrogens with zero attached hydrogens (tertiary/aromatic N) is 1. The third-order valence-corrected chi connectivity index (χ3v) is 3.73. The van der Waals surface area contributed by atoms with Gasteiger partial charge in [-0.15, -0.1) is 0 Å². The molecule has 2 aromatic carbocycles. The predicted octanol–water partition coefficient (Wildman–Crippen LogP) is 2.59. The van der Waals surface area contributed by atoms with Gasteiger partial charge in [-0.05, 0) is 37.1 Å². The standard InChI is InChI=1S/C17H17N3O2/c1-11-6-5-7-12(2)16(11)19-15(21)10-20-14-9-4-3-8-13(14)18-17(20)22/h3-9H,10H2,1-2H3,(H,18,22)(H,19,21). The number of nitrogens with one attached hydrogen (secondary N) is 2. The van der Waals surface area contributed by atoms with Gasteiger partial charge in [0.15, 0.2) is 0 Å². The van der Waals surface area contributed by atoms with Crippen LogP contribution in [0.15, 0.2) is 47.3 Å². The minimum absolute atomic E-state index is 0.0172. The summed E-state index contributed by atoms with van der Waals surface area (Å²) in [6.07, 6.45) is 0. The lowest BCUT2D eigenvalue weighted by Gasteiger charge is -2.11. The highest BCUT2D eigenvalue weighted by Gasteiger charge is 2.12. The van der Waals surface area contributed by atoms with E-state index in [-0.39, 0.29) is 18.1 Å². The third kappa shape index (κ3) is 2.53. The monoisotopic (exact) mass is 295 g/mol. The van der Waals surface area contributed by atoms with Crippen LogP contribution in [0.4, 0.5) is 5.69 Å². The number of aromatic nitrogens is 2. The molecule has 0 atom stereocenters. The molecular formula is C17H17N3O2. The third-order valence-electron chi connectivity index (χ3n) is 3.73. The molecule has 5 nitrogen and oxygen atoms in total. The van der Waals surface area contributed by atoms with Gasteiger partial charge in [0.2, 0.25) is 5.91 Å². The van der Waals surface area contributed by atoms with Gasteiger partial charge in [0.1, 0.15) is 6.54 Å². The van der Waals surface area contributed by atoms with Crippen molar-refractivity contribution in [1.29, 1.82) is 0 Å². The van der Waals surface area contributed by atoms with Crippen LogP contribution in [0.2, 0.25) is 0 Å². The molecule has 0 saturated heterocycles. The van der Waals surface area contributed by atoms with Crippen molar-refractivity contribution in [3.8, 4) is 0 Å². The first kappa shape index (κ1) is 14.1. The minimum atomic E-state index is -0.280. The van der Waals surface area contributed by atoms with Crippen molar-refractivity contribution < 1.29 is 4.79 Å². The number of carbonyl (C=O) groups is 1. The molecule has 5 heteroatoms. The fraction of sp³-hybridized carbons (Fsp3) is 0.176. The summed E-state index contributed by atoms with van der Waals surface area (Å²) in [5.74, 6) is -0.218. The van der Waals surface area contributed by atoms with E-state index in [2.05, 4.69) is 10.3 Å². The Morgan fingerprint density at radius 3 is 2.50 bits per heavy atom. The number of imidazole rings is 1. The number of hydrogen-bond acceptors (Lipinski definition) is 2. The van der Waals surface area contributed by atoms with E-state index >= 15 is 0 Å². The molecule has 3 aromatic rings. The summed E-state index contributed by atoms with van der Waals surface area (Å²) in [6, 6.07) is 13.2. The summed E-state index contributed by atoms with van der Waals surface area (Å²) in [7, 11) is 0. The second-order valence-corrected chi connectivity index (χ2v) is 5.35. The molecule has 0 radical (unpaired) electrons.